The highest BCUT2D eigenvalue weighted by Crippen LogP contribution is 2.31. The van der Waals surface area contributed by atoms with Gasteiger partial charge >= 0.3 is 12.1 Å². The highest BCUT2D eigenvalue weighted by Gasteiger charge is 2.34. The zero-order chi connectivity index (χ0) is 18.5. The normalized spacial score (nSPS) is 21.4. The summed E-state index contributed by atoms with van der Waals surface area (Å²) in [4.78, 5) is 25.7. The van der Waals surface area contributed by atoms with Gasteiger partial charge in [-0.05, 0) is 18.1 Å². The number of unbranched alkanes of at least 4 members (excludes halogenated alkanes) is 1. The summed E-state index contributed by atoms with van der Waals surface area (Å²) in [5.41, 5.74) is 2.14. The molecular weight excluding hydrogens is 336 g/mol. The van der Waals surface area contributed by atoms with Crippen LogP contribution in [0.25, 0.3) is 0 Å². The second-order valence-corrected chi connectivity index (χ2v) is 6.68. The molecule has 2 aliphatic heterocycles. The van der Waals surface area contributed by atoms with Gasteiger partial charge in [0.1, 0.15) is 17.9 Å². The van der Waals surface area contributed by atoms with Gasteiger partial charge in [-0.3, -0.25) is 9.69 Å². The zero-order valence-electron chi connectivity index (χ0n) is 15.3. The molecule has 1 aromatic rings. The third-order valence-electron chi connectivity index (χ3n) is 4.80. The van der Waals surface area contributed by atoms with Gasteiger partial charge in [0.05, 0.1) is 20.3 Å². The van der Waals surface area contributed by atoms with Crippen molar-refractivity contribution in [1.29, 1.82) is 0 Å². The first-order valence-corrected chi connectivity index (χ1v) is 9.12. The molecule has 2 atom stereocenters. The van der Waals surface area contributed by atoms with Gasteiger partial charge in [-0.2, -0.15) is 0 Å². The average Bonchev–Trinajstić information content (AvgIpc) is 3.28. The van der Waals surface area contributed by atoms with Crippen molar-refractivity contribution in [3.05, 3.63) is 29.3 Å². The van der Waals surface area contributed by atoms with Gasteiger partial charge in [0.15, 0.2) is 0 Å². The van der Waals surface area contributed by atoms with Crippen LogP contribution in [0.2, 0.25) is 0 Å². The van der Waals surface area contributed by atoms with Crippen molar-refractivity contribution in [2.75, 3.05) is 20.3 Å². The van der Waals surface area contributed by atoms with E-state index in [9.17, 15) is 9.59 Å². The molecule has 0 spiro atoms. The lowest BCUT2D eigenvalue weighted by atomic mass is 10.1. The average molecular weight is 362 g/mol. The molecule has 3 rings (SSSR count). The van der Waals surface area contributed by atoms with E-state index in [1.165, 1.54) is 7.11 Å². The molecule has 7 heteroatoms. The van der Waals surface area contributed by atoms with E-state index in [0.717, 1.165) is 29.7 Å². The van der Waals surface area contributed by atoms with E-state index in [-0.39, 0.29) is 18.2 Å². The lowest BCUT2D eigenvalue weighted by Gasteiger charge is -2.19. The quantitative estimate of drug-likeness (QED) is 0.618. The number of nitrogens with zero attached hydrogens (tertiary/aromatic N) is 1. The first-order chi connectivity index (χ1) is 12.6. The molecule has 1 fully saturated rings. The first kappa shape index (κ1) is 18.5. The summed E-state index contributed by atoms with van der Waals surface area (Å²) in [7, 11) is 1.35. The Bertz CT molecular complexity index is 663. The molecule has 1 saturated heterocycles. The summed E-state index contributed by atoms with van der Waals surface area (Å²) in [5.74, 6) is 0.519. The highest BCUT2D eigenvalue weighted by molar-refractivity contribution is 5.76. The molecule has 7 nitrogen and oxygen atoms in total. The molecule has 26 heavy (non-hydrogen) atoms. The Kier molecular flexibility index (Phi) is 5.98. The van der Waals surface area contributed by atoms with Crippen LogP contribution in [0, 0.1) is 0 Å². The Hall–Kier alpha value is -2.28. The second kappa shape index (κ2) is 8.40. The minimum atomic E-state index is -0.410. The molecule has 1 N–H and O–H groups in total. The van der Waals surface area contributed by atoms with Crippen molar-refractivity contribution >= 4 is 12.1 Å². The summed E-state index contributed by atoms with van der Waals surface area (Å²) in [6.07, 6.45) is 1.83. The van der Waals surface area contributed by atoms with Gasteiger partial charge in [0.25, 0.3) is 0 Å². The predicted octanol–water partition coefficient (Wildman–Crippen LogP) is 2.22. The highest BCUT2D eigenvalue weighted by atomic mass is 16.6. The van der Waals surface area contributed by atoms with Crippen LogP contribution in [0.1, 0.15) is 37.3 Å². The summed E-state index contributed by atoms with van der Waals surface area (Å²) < 4.78 is 16.1. The molecule has 0 aliphatic carbocycles. The van der Waals surface area contributed by atoms with Crippen molar-refractivity contribution in [2.24, 2.45) is 0 Å². The van der Waals surface area contributed by atoms with E-state index in [2.05, 4.69) is 12.2 Å². The van der Waals surface area contributed by atoms with E-state index in [1.54, 1.807) is 4.90 Å². The maximum Gasteiger partial charge on any atom is 0.410 e. The van der Waals surface area contributed by atoms with Crippen molar-refractivity contribution in [3.8, 4) is 5.75 Å². The van der Waals surface area contributed by atoms with Gasteiger partial charge in [0.2, 0.25) is 0 Å². The number of carbonyl (C=O) groups is 2. The van der Waals surface area contributed by atoms with E-state index in [1.807, 2.05) is 18.2 Å². The molecule has 2 heterocycles. The molecule has 0 saturated carbocycles. The number of amides is 1. The van der Waals surface area contributed by atoms with Crippen molar-refractivity contribution < 1.29 is 23.8 Å². The maximum atomic E-state index is 12.5. The number of rotatable bonds is 6. The summed E-state index contributed by atoms with van der Waals surface area (Å²) in [6.45, 7) is 4.26. The van der Waals surface area contributed by atoms with Crippen LogP contribution in [0.5, 0.6) is 5.75 Å². The maximum absolute atomic E-state index is 12.5. The topological polar surface area (TPSA) is 77.1 Å². The Morgan fingerprint density at radius 1 is 1.31 bits per heavy atom. The summed E-state index contributed by atoms with van der Waals surface area (Å²) in [5, 5.41) is 3.02. The van der Waals surface area contributed by atoms with Crippen LogP contribution in [-0.2, 0) is 27.4 Å². The Labute approximate surface area is 153 Å². The van der Waals surface area contributed by atoms with Gasteiger partial charge < -0.3 is 19.5 Å². The van der Waals surface area contributed by atoms with Crippen LogP contribution in [0.15, 0.2) is 18.2 Å². The smallest absolute Gasteiger partial charge is 0.410 e. The molecule has 2 aliphatic rings. The second-order valence-electron chi connectivity index (χ2n) is 6.68. The molecule has 1 amide bonds. The van der Waals surface area contributed by atoms with Crippen LogP contribution >= 0.6 is 0 Å². The number of methoxy groups -OCH3 is 1. The fraction of sp³-hybridized carbons (Fsp3) is 0.579. The molecule has 0 unspecified atom stereocenters. The molecule has 0 bridgehead atoms. The summed E-state index contributed by atoms with van der Waals surface area (Å²) in [6, 6.07) is 5.51. The van der Waals surface area contributed by atoms with Crippen LogP contribution in [0.4, 0.5) is 4.79 Å². The number of esters is 1. The van der Waals surface area contributed by atoms with Gasteiger partial charge in [-0.1, -0.05) is 25.5 Å². The van der Waals surface area contributed by atoms with Gasteiger partial charge in [0, 0.05) is 25.1 Å². The van der Waals surface area contributed by atoms with Crippen molar-refractivity contribution in [1.82, 2.24) is 10.2 Å². The number of carbonyl (C=O) groups excluding carboxylic acids is 2. The standard InChI is InChI=1S/C19H26N2O5/c1-3-4-8-25-17-7-5-6-13-11-21(12-15(13)17)19(23)26-14-9-16(20-10-14)18(22)24-2/h5-7,14,16,20H,3-4,8-12H2,1-2H3/t14-,16+/m1/s1. The molecule has 0 aromatic heterocycles. The Balaban J connectivity index is 1.55. The largest absolute Gasteiger partial charge is 0.493 e. The van der Waals surface area contributed by atoms with Crippen LogP contribution < -0.4 is 10.1 Å². The van der Waals surface area contributed by atoms with Gasteiger partial charge in [-0.25, -0.2) is 4.79 Å². The minimum absolute atomic E-state index is 0.324. The number of hydrogen-bond donors (Lipinski definition) is 1. The lowest BCUT2D eigenvalue weighted by molar-refractivity contribution is -0.142. The molecule has 142 valence electrons. The third kappa shape index (κ3) is 4.09. The lowest BCUT2D eigenvalue weighted by Crippen LogP contribution is -2.31. The van der Waals surface area contributed by atoms with E-state index >= 15 is 0 Å². The number of nitrogens with one attached hydrogen (secondary N) is 1. The van der Waals surface area contributed by atoms with E-state index in [4.69, 9.17) is 14.2 Å². The molecular formula is C19H26N2O5. The Morgan fingerprint density at radius 3 is 2.92 bits per heavy atom. The van der Waals surface area contributed by atoms with Crippen LogP contribution in [-0.4, -0.2) is 49.4 Å². The fourth-order valence-corrected chi connectivity index (χ4v) is 3.31. The number of ether oxygens (including phenoxy) is 3. The number of fused-ring (bicyclic) bond motifs is 1. The van der Waals surface area contributed by atoms with Crippen molar-refractivity contribution in [3.63, 3.8) is 0 Å². The monoisotopic (exact) mass is 362 g/mol. The molecule has 1 aromatic carbocycles. The minimum Gasteiger partial charge on any atom is -0.493 e. The predicted molar refractivity (Wildman–Crippen MR) is 94.8 cm³/mol. The summed E-state index contributed by atoms with van der Waals surface area (Å²) >= 11 is 0. The third-order valence-corrected chi connectivity index (χ3v) is 4.80. The van der Waals surface area contributed by atoms with E-state index in [0.29, 0.717) is 32.7 Å². The number of benzene rings is 1. The van der Waals surface area contributed by atoms with Crippen LogP contribution in [0.3, 0.4) is 0 Å². The fourth-order valence-electron chi connectivity index (χ4n) is 3.31. The van der Waals surface area contributed by atoms with E-state index < -0.39 is 6.04 Å². The van der Waals surface area contributed by atoms with Gasteiger partial charge in [-0.15, -0.1) is 0 Å². The Morgan fingerprint density at radius 2 is 2.15 bits per heavy atom. The zero-order valence-corrected chi connectivity index (χ0v) is 15.3. The SMILES string of the molecule is CCCCOc1cccc2c1CN(C(=O)O[C@H]1CN[C@H](C(=O)OC)C1)C2. The first-order valence-electron chi connectivity index (χ1n) is 9.12. The number of hydrogen-bond acceptors (Lipinski definition) is 6. The van der Waals surface area contributed by atoms with Crippen molar-refractivity contribution in [2.45, 2.75) is 51.4 Å². The molecule has 0 radical (unpaired) electrons.